The van der Waals surface area contributed by atoms with Crippen molar-refractivity contribution >= 4 is 28.2 Å². The van der Waals surface area contributed by atoms with Crippen LogP contribution in [0, 0.1) is 0 Å². The summed E-state index contributed by atoms with van der Waals surface area (Å²) in [4.78, 5) is 31.9. The molecule has 1 aromatic heterocycles. The molecule has 1 fully saturated rings. The lowest BCUT2D eigenvalue weighted by Crippen LogP contribution is -2.29. The molecule has 1 aliphatic heterocycles. The summed E-state index contributed by atoms with van der Waals surface area (Å²) in [6, 6.07) is 23.3. The Bertz CT molecular complexity index is 1410. The molecule has 2 heterocycles. The Hall–Kier alpha value is -4.45. The van der Waals surface area contributed by atoms with Gasteiger partial charge < -0.3 is 14.7 Å². The highest BCUT2D eigenvalue weighted by Crippen LogP contribution is 2.40. The Balaban J connectivity index is 1.62. The Morgan fingerprint density at radius 1 is 0.941 bits per heavy atom. The molecule has 0 spiro atoms. The van der Waals surface area contributed by atoms with Crippen LogP contribution in [-0.2, 0) is 16.1 Å². The van der Waals surface area contributed by atoms with Crippen LogP contribution in [0.2, 0.25) is 0 Å². The van der Waals surface area contributed by atoms with Crippen LogP contribution in [0.1, 0.15) is 22.7 Å². The summed E-state index contributed by atoms with van der Waals surface area (Å²) >= 11 is 0. The summed E-state index contributed by atoms with van der Waals surface area (Å²) < 4.78 is 5.21. The van der Waals surface area contributed by atoms with Crippen molar-refractivity contribution in [1.29, 1.82) is 0 Å². The highest BCUT2D eigenvalue weighted by Gasteiger charge is 2.46. The van der Waals surface area contributed by atoms with Gasteiger partial charge in [0.05, 0.1) is 18.7 Å². The fraction of sp³-hybridized carbons (Fsp3) is 0.107. The summed E-state index contributed by atoms with van der Waals surface area (Å²) in [5.74, 6) is -0.850. The molecule has 1 N–H and O–H groups in total. The van der Waals surface area contributed by atoms with Gasteiger partial charge in [-0.15, -0.1) is 0 Å². The Labute approximate surface area is 196 Å². The predicted molar refractivity (Wildman–Crippen MR) is 129 cm³/mol. The molecule has 34 heavy (non-hydrogen) atoms. The number of carbonyl (C=O) groups excluding carboxylic acids is 2. The van der Waals surface area contributed by atoms with E-state index in [-0.39, 0.29) is 17.9 Å². The number of ether oxygens (including phenoxy) is 1. The van der Waals surface area contributed by atoms with Crippen molar-refractivity contribution in [2.45, 2.75) is 12.6 Å². The maximum absolute atomic E-state index is 13.2. The molecule has 5 rings (SSSR count). The van der Waals surface area contributed by atoms with Crippen molar-refractivity contribution in [3.05, 3.63) is 114 Å². The van der Waals surface area contributed by atoms with Crippen LogP contribution in [0.15, 0.2) is 96.8 Å². The van der Waals surface area contributed by atoms with Gasteiger partial charge in [0.2, 0.25) is 0 Å². The number of benzene rings is 3. The number of methoxy groups -OCH3 is 1. The first-order valence-corrected chi connectivity index (χ1v) is 10.9. The van der Waals surface area contributed by atoms with E-state index >= 15 is 0 Å². The fourth-order valence-electron chi connectivity index (χ4n) is 4.36. The Morgan fingerprint density at radius 3 is 2.35 bits per heavy atom. The number of likely N-dealkylation sites (tertiary alicyclic amines) is 1. The molecular formula is C28H22N2O4. The number of amides is 1. The zero-order chi connectivity index (χ0) is 23.7. The quantitative estimate of drug-likeness (QED) is 0.267. The molecule has 0 radical (unpaired) electrons. The molecule has 4 aromatic rings. The number of nitrogens with zero attached hydrogens (tertiary/aromatic N) is 2. The lowest BCUT2D eigenvalue weighted by atomic mass is 9.95. The summed E-state index contributed by atoms with van der Waals surface area (Å²) in [6.45, 7) is 0.204. The lowest BCUT2D eigenvalue weighted by Gasteiger charge is -2.25. The van der Waals surface area contributed by atoms with E-state index in [1.54, 1.807) is 37.7 Å². The summed E-state index contributed by atoms with van der Waals surface area (Å²) in [5.41, 5.74) is 2.10. The van der Waals surface area contributed by atoms with E-state index < -0.39 is 17.7 Å². The Morgan fingerprint density at radius 2 is 1.65 bits per heavy atom. The first-order valence-electron chi connectivity index (χ1n) is 10.9. The van der Waals surface area contributed by atoms with E-state index in [1.807, 2.05) is 60.7 Å². The van der Waals surface area contributed by atoms with E-state index in [2.05, 4.69) is 4.98 Å². The third-order valence-corrected chi connectivity index (χ3v) is 6.10. The maximum Gasteiger partial charge on any atom is 0.295 e. The minimum Gasteiger partial charge on any atom is -0.507 e. The molecule has 6 heteroatoms. The number of ketones is 1. The molecule has 1 unspecified atom stereocenters. The van der Waals surface area contributed by atoms with Crippen LogP contribution in [0.25, 0.3) is 16.5 Å². The minimum absolute atomic E-state index is 0.0694. The summed E-state index contributed by atoms with van der Waals surface area (Å²) in [6.07, 6.45) is 3.22. The molecule has 0 bridgehead atoms. The maximum atomic E-state index is 13.2. The second-order valence-corrected chi connectivity index (χ2v) is 8.12. The van der Waals surface area contributed by atoms with E-state index in [0.717, 1.165) is 16.3 Å². The van der Waals surface area contributed by atoms with E-state index in [4.69, 9.17) is 4.74 Å². The average molecular weight is 450 g/mol. The number of aliphatic hydroxyl groups is 1. The number of hydrogen-bond acceptors (Lipinski definition) is 5. The van der Waals surface area contributed by atoms with E-state index in [9.17, 15) is 14.7 Å². The molecule has 6 nitrogen and oxygen atoms in total. The van der Waals surface area contributed by atoms with E-state index in [0.29, 0.717) is 16.9 Å². The van der Waals surface area contributed by atoms with Crippen LogP contribution in [0.3, 0.4) is 0 Å². The SMILES string of the molecule is COc1ccc(CN2C(=O)C(=O)/C(=C(\O)c3ccc4ccccc4c3)C2c2ccncc2)cc1. The molecule has 3 aromatic carbocycles. The molecule has 0 aliphatic carbocycles. The molecule has 1 amide bonds. The molecule has 1 atom stereocenters. The standard InChI is InChI=1S/C28H22N2O4/c1-34-23-10-6-18(7-11-23)17-30-25(20-12-14-29-15-13-20)24(27(32)28(30)33)26(31)22-9-8-19-4-2-3-5-21(19)16-22/h2-16,25,31H,17H2,1H3/b26-24-. The van der Waals surface area contributed by atoms with Gasteiger partial charge in [-0.25, -0.2) is 0 Å². The van der Waals surface area contributed by atoms with Crippen LogP contribution in [0.5, 0.6) is 5.75 Å². The monoisotopic (exact) mass is 450 g/mol. The highest BCUT2D eigenvalue weighted by molar-refractivity contribution is 6.46. The highest BCUT2D eigenvalue weighted by atomic mass is 16.5. The van der Waals surface area contributed by atoms with Gasteiger partial charge in [-0.05, 0) is 52.2 Å². The molecule has 1 saturated heterocycles. The third-order valence-electron chi connectivity index (χ3n) is 6.10. The average Bonchev–Trinajstić information content (AvgIpc) is 3.14. The van der Waals surface area contributed by atoms with Gasteiger partial charge in [-0.2, -0.15) is 0 Å². The van der Waals surface area contributed by atoms with Crippen LogP contribution < -0.4 is 4.74 Å². The second kappa shape index (κ2) is 8.83. The van der Waals surface area contributed by atoms with Gasteiger partial charge in [-0.3, -0.25) is 14.6 Å². The molecular weight excluding hydrogens is 428 g/mol. The lowest BCUT2D eigenvalue weighted by molar-refractivity contribution is -0.140. The van der Waals surface area contributed by atoms with Gasteiger partial charge in [0.25, 0.3) is 11.7 Å². The van der Waals surface area contributed by atoms with Gasteiger partial charge in [0.15, 0.2) is 0 Å². The zero-order valence-electron chi connectivity index (χ0n) is 18.5. The number of fused-ring (bicyclic) bond motifs is 1. The Kier molecular flexibility index (Phi) is 5.55. The fourth-order valence-corrected chi connectivity index (χ4v) is 4.36. The van der Waals surface area contributed by atoms with Crippen LogP contribution >= 0.6 is 0 Å². The second-order valence-electron chi connectivity index (χ2n) is 8.12. The largest absolute Gasteiger partial charge is 0.507 e. The third kappa shape index (κ3) is 3.79. The van der Waals surface area contributed by atoms with Crippen molar-refractivity contribution in [3.63, 3.8) is 0 Å². The number of aliphatic hydroxyl groups excluding tert-OH is 1. The minimum atomic E-state index is -0.739. The van der Waals surface area contributed by atoms with Crippen molar-refractivity contribution < 1.29 is 19.4 Å². The van der Waals surface area contributed by atoms with Crippen LogP contribution in [0.4, 0.5) is 0 Å². The molecule has 1 aliphatic rings. The summed E-state index contributed by atoms with van der Waals surface area (Å²) in [7, 11) is 1.59. The topological polar surface area (TPSA) is 79.7 Å². The zero-order valence-corrected chi connectivity index (χ0v) is 18.5. The number of aromatic nitrogens is 1. The number of Topliss-reactive ketones (excluding diaryl/α,β-unsaturated/α-hetero) is 1. The van der Waals surface area contributed by atoms with Crippen LogP contribution in [-0.4, -0.2) is 33.8 Å². The van der Waals surface area contributed by atoms with Gasteiger partial charge in [0.1, 0.15) is 11.5 Å². The number of rotatable bonds is 5. The first-order chi connectivity index (χ1) is 16.6. The van der Waals surface area contributed by atoms with Crippen molar-refractivity contribution in [2.75, 3.05) is 7.11 Å². The predicted octanol–water partition coefficient (Wildman–Crippen LogP) is 4.87. The van der Waals surface area contributed by atoms with E-state index in [1.165, 1.54) is 4.90 Å². The first kappa shape index (κ1) is 21.4. The van der Waals surface area contributed by atoms with Crippen molar-refractivity contribution in [1.82, 2.24) is 9.88 Å². The number of hydrogen-bond donors (Lipinski definition) is 1. The molecule has 0 saturated carbocycles. The number of pyridine rings is 1. The summed E-state index contributed by atoms with van der Waals surface area (Å²) in [5, 5.41) is 13.2. The van der Waals surface area contributed by atoms with Crippen molar-refractivity contribution in [3.8, 4) is 5.75 Å². The smallest absolute Gasteiger partial charge is 0.295 e. The molecule has 168 valence electrons. The van der Waals surface area contributed by atoms with Crippen molar-refractivity contribution in [2.24, 2.45) is 0 Å². The normalized spacial score (nSPS) is 17.3. The van der Waals surface area contributed by atoms with Gasteiger partial charge in [0, 0.05) is 24.5 Å². The van der Waals surface area contributed by atoms with Gasteiger partial charge in [-0.1, -0.05) is 48.5 Å². The number of carbonyl (C=O) groups is 2. The van der Waals surface area contributed by atoms with Gasteiger partial charge >= 0.3 is 0 Å².